The van der Waals surface area contributed by atoms with Gasteiger partial charge in [-0.15, -0.1) is 0 Å². The Balaban J connectivity index is 1.49. The van der Waals surface area contributed by atoms with Crippen molar-refractivity contribution in [2.24, 2.45) is 0 Å². The van der Waals surface area contributed by atoms with Crippen molar-refractivity contribution in [2.45, 2.75) is 32.0 Å². The number of rotatable bonds is 5. The quantitative estimate of drug-likeness (QED) is 0.497. The molecule has 1 aliphatic rings. The maximum absolute atomic E-state index is 14.4. The van der Waals surface area contributed by atoms with Crippen LogP contribution in [0.5, 0.6) is 0 Å². The molecule has 1 aliphatic heterocycles. The Kier molecular flexibility index (Phi) is 5.04. The van der Waals surface area contributed by atoms with E-state index in [0.29, 0.717) is 24.3 Å². The fourth-order valence-electron chi connectivity index (χ4n) is 3.45. The van der Waals surface area contributed by atoms with E-state index in [9.17, 15) is 27.2 Å². The van der Waals surface area contributed by atoms with E-state index in [4.69, 9.17) is 0 Å². The van der Waals surface area contributed by atoms with Gasteiger partial charge in [0.25, 0.3) is 10.9 Å². The highest BCUT2D eigenvalue weighted by Crippen LogP contribution is 2.30. The Morgan fingerprint density at radius 1 is 1.10 bits per heavy atom. The molecule has 11 heteroatoms. The van der Waals surface area contributed by atoms with Gasteiger partial charge in [0.2, 0.25) is 5.82 Å². The van der Waals surface area contributed by atoms with Gasteiger partial charge < -0.3 is 14.7 Å². The molecular weight excluding hydrogens is 408 g/mol. The summed E-state index contributed by atoms with van der Waals surface area (Å²) in [4.78, 5) is 28.9. The van der Waals surface area contributed by atoms with E-state index in [1.54, 1.807) is 0 Å². The summed E-state index contributed by atoms with van der Waals surface area (Å²) in [6, 6.07) is 3.78. The van der Waals surface area contributed by atoms with Gasteiger partial charge in [0, 0.05) is 19.6 Å². The minimum absolute atomic E-state index is 0.0585. The van der Waals surface area contributed by atoms with Gasteiger partial charge in [0.1, 0.15) is 17.2 Å². The van der Waals surface area contributed by atoms with Crippen LogP contribution in [0.4, 0.5) is 28.9 Å². The first-order valence-corrected chi connectivity index (χ1v) is 9.27. The van der Waals surface area contributed by atoms with Crippen LogP contribution < -0.4 is 21.1 Å². The number of benzene rings is 1. The minimum atomic E-state index is -4.82. The van der Waals surface area contributed by atoms with E-state index in [-0.39, 0.29) is 17.8 Å². The molecule has 1 aromatic heterocycles. The van der Waals surface area contributed by atoms with Crippen LogP contribution in [0.15, 0.2) is 32.3 Å². The average Bonchev–Trinajstić information content (AvgIpc) is 3.21. The Hall–Kier alpha value is -3.24. The Morgan fingerprint density at radius 2 is 1.83 bits per heavy atom. The lowest BCUT2D eigenvalue weighted by molar-refractivity contribution is -0.159. The number of hydrogen-bond acceptors (Lipinski definition) is 7. The van der Waals surface area contributed by atoms with Gasteiger partial charge in [-0.2, -0.15) is 18.2 Å². The SMILES string of the molecule is O=c1c(NCc2ccc(-c3noc(C(F)(F)F)n3)c(F)c2)c(N2CCCCC2)c1=O. The summed E-state index contributed by atoms with van der Waals surface area (Å²) in [7, 11) is 0. The molecule has 0 spiro atoms. The number of anilines is 2. The van der Waals surface area contributed by atoms with Crippen molar-refractivity contribution in [1.82, 2.24) is 10.1 Å². The summed E-state index contributed by atoms with van der Waals surface area (Å²) in [6.07, 6.45) is -1.86. The first-order chi connectivity index (χ1) is 14.3. The van der Waals surface area contributed by atoms with Crippen molar-refractivity contribution in [3.05, 3.63) is 55.9 Å². The maximum atomic E-state index is 14.4. The summed E-state index contributed by atoms with van der Waals surface area (Å²) < 4.78 is 56.2. The largest absolute Gasteiger partial charge is 0.471 e. The molecule has 30 heavy (non-hydrogen) atoms. The zero-order valence-electron chi connectivity index (χ0n) is 15.6. The van der Waals surface area contributed by atoms with E-state index in [1.807, 2.05) is 4.90 Å². The normalized spacial score (nSPS) is 15.0. The predicted octanol–water partition coefficient (Wildman–Crippen LogP) is 3.09. The van der Waals surface area contributed by atoms with E-state index in [2.05, 4.69) is 20.0 Å². The highest BCUT2D eigenvalue weighted by molar-refractivity contribution is 5.75. The van der Waals surface area contributed by atoms with E-state index < -0.39 is 34.6 Å². The topological polar surface area (TPSA) is 88.3 Å². The maximum Gasteiger partial charge on any atom is 0.471 e. The Labute approximate surface area is 167 Å². The summed E-state index contributed by atoms with van der Waals surface area (Å²) >= 11 is 0. The molecule has 0 atom stereocenters. The first kappa shape index (κ1) is 20.0. The van der Waals surface area contributed by atoms with Crippen molar-refractivity contribution in [1.29, 1.82) is 0 Å². The first-order valence-electron chi connectivity index (χ1n) is 9.27. The number of halogens is 4. The van der Waals surface area contributed by atoms with Crippen molar-refractivity contribution >= 4 is 11.4 Å². The van der Waals surface area contributed by atoms with Gasteiger partial charge in [-0.1, -0.05) is 11.2 Å². The van der Waals surface area contributed by atoms with Gasteiger partial charge in [0.05, 0.1) is 5.56 Å². The molecule has 0 unspecified atom stereocenters. The van der Waals surface area contributed by atoms with Crippen LogP contribution in [0, 0.1) is 5.82 Å². The van der Waals surface area contributed by atoms with Crippen molar-refractivity contribution in [2.75, 3.05) is 23.3 Å². The minimum Gasteiger partial charge on any atom is -0.376 e. The molecule has 0 amide bonds. The highest BCUT2D eigenvalue weighted by atomic mass is 19.4. The van der Waals surface area contributed by atoms with E-state index in [1.165, 1.54) is 12.1 Å². The standard InChI is InChI=1S/C19H16F4N4O3/c20-12-8-10(4-5-11(12)17-25-18(30-26-17)19(21,22)23)9-24-13-14(16(29)15(13)28)27-6-2-1-3-7-27/h4-5,8,24H,1-3,6-7,9H2. The molecule has 158 valence electrons. The molecule has 1 saturated heterocycles. The zero-order valence-corrected chi connectivity index (χ0v) is 15.6. The van der Waals surface area contributed by atoms with Crippen molar-refractivity contribution < 1.29 is 22.1 Å². The molecule has 1 N–H and O–H groups in total. The monoisotopic (exact) mass is 424 g/mol. The number of aromatic nitrogens is 2. The summed E-state index contributed by atoms with van der Waals surface area (Å²) in [6.45, 7) is 1.46. The van der Waals surface area contributed by atoms with Gasteiger partial charge in [-0.05, 0) is 37.0 Å². The molecule has 0 bridgehead atoms. The second-order valence-electron chi connectivity index (χ2n) is 7.02. The van der Waals surface area contributed by atoms with E-state index >= 15 is 0 Å². The molecule has 2 heterocycles. The van der Waals surface area contributed by atoms with Crippen LogP contribution in [-0.4, -0.2) is 23.2 Å². The van der Waals surface area contributed by atoms with E-state index in [0.717, 1.165) is 25.3 Å². The van der Waals surface area contributed by atoms with Crippen LogP contribution in [0.2, 0.25) is 0 Å². The second-order valence-corrected chi connectivity index (χ2v) is 7.02. The smallest absolute Gasteiger partial charge is 0.376 e. The van der Waals surface area contributed by atoms with Crippen molar-refractivity contribution in [3.8, 4) is 11.4 Å². The fraction of sp³-hybridized carbons (Fsp3) is 0.368. The second kappa shape index (κ2) is 7.54. The van der Waals surface area contributed by atoms with Crippen LogP contribution >= 0.6 is 0 Å². The van der Waals surface area contributed by atoms with Crippen LogP contribution in [0.1, 0.15) is 30.7 Å². The van der Waals surface area contributed by atoms with Crippen LogP contribution in [-0.2, 0) is 12.7 Å². The fourth-order valence-corrected chi connectivity index (χ4v) is 3.45. The lowest BCUT2D eigenvalue weighted by Crippen LogP contribution is -2.44. The lowest BCUT2D eigenvalue weighted by Gasteiger charge is -2.30. The molecule has 0 radical (unpaired) electrons. The highest BCUT2D eigenvalue weighted by Gasteiger charge is 2.38. The third-order valence-corrected chi connectivity index (χ3v) is 4.97. The third kappa shape index (κ3) is 3.66. The molecule has 4 rings (SSSR count). The molecule has 2 aromatic carbocycles. The number of alkyl halides is 3. The summed E-state index contributed by atoms with van der Waals surface area (Å²) in [5.74, 6) is -2.92. The van der Waals surface area contributed by atoms with Crippen LogP contribution in [0.3, 0.4) is 0 Å². The molecular formula is C19H16F4N4O3. The Bertz CT molecular complexity index is 1140. The number of nitrogens with one attached hydrogen (secondary N) is 1. The molecule has 0 aliphatic carbocycles. The van der Waals surface area contributed by atoms with Crippen molar-refractivity contribution in [3.63, 3.8) is 0 Å². The van der Waals surface area contributed by atoms with Gasteiger partial charge in [0.15, 0.2) is 0 Å². The summed E-state index contributed by atoms with van der Waals surface area (Å²) in [5.41, 5.74) is -0.394. The summed E-state index contributed by atoms with van der Waals surface area (Å²) in [5, 5.41) is 6.04. The number of hydrogen-bond donors (Lipinski definition) is 1. The predicted molar refractivity (Wildman–Crippen MR) is 99.4 cm³/mol. The van der Waals surface area contributed by atoms with Gasteiger partial charge >= 0.3 is 12.1 Å². The molecule has 7 nitrogen and oxygen atoms in total. The zero-order chi connectivity index (χ0) is 21.5. The molecule has 0 saturated carbocycles. The van der Waals surface area contributed by atoms with Gasteiger partial charge in [-0.3, -0.25) is 9.59 Å². The molecule has 3 aromatic rings. The van der Waals surface area contributed by atoms with Gasteiger partial charge in [-0.25, -0.2) is 4.39 Å². The Morgan fingerprint density at radius 3 is 2.47 bits per heavy atom. The average molecular weight is 424 g/mol. The third-order valence-electron chi connectivity index (χ3n) is 4.97. The number of piperidine rings is 1. The van der Waals surface area contributed by atoms with Crippen LogP contribution in [0.25, 0.3) is 11.4 Å². The lowest BCUT2D eigenvalue weighted by atomic mass is 10.1. The molecule has 1 fully saturated rings. The number of nitrogens with zero attached hydrogens (tertiary/aromatic N) is 3.